The van der Waals surface area contributed by atoms with Gasteiger partial charge in [-0.3, -0.25) is 14.6 Å². The number of benzene rings is 3. The van der Waals surface area contributed by atoms with Crippen LogP contribution < -0.4 is 15.1 Å². The number of alkyl halides is 1. The molecule has 0 aromatic heterocycles. The van der Waals surface area contributed by atoms with Crippen molar-refractivity contribution in [3.05, 3.63) is 90.5 Å². The van der Waals surface area contributed by atoms with Crippen molar-refractivity contribution in [2.24, 2.45) is 11.0 Å². The Morgan fingerprint density at radius 1 is 1.00 bits per heavy atom. The number of rotatable bonds is 9. The zero-order valence-corrected chi connectivity index (χ0v) is 21.2. The molecule has 2 unspecified atom stereocenters. The third kappa shape index (κ3) is 5.32. The number of halogens is 1. The summed E-state index contributed by atoms with van der Waals surface area (Å²) < 4.78 is 11.4. The predicted octanol–water partition coefficient (Wildman–Crippen LogP) is 5.57. The van der Waals surface area contributed by atoms with Crippen LogP contribution >= 0.6 is 11.6 Å². The lowest BCUT2D eigenvalue weighted by molar-refractivity contribution is -0.131. The first-order valence-corrected chi connectivity index (χ1v) is 12.6. The number of ether oxygens (including phenoxy) is 2. The molecule has 3 aromatic rings. The van der Waals surface area contributed by atoms with E-state index in [-0.39, 0.29) is 24.3 Å². The van der Waals surface area contributed by atoms with Crippen molar-refractivity contribution in [3.63, 3.8) is 0 Å². The average molecular weight is 518 g/mol. The summed E-state index contributed by atoms with van der Waals surface area (Å²) in [6.07, 6.45) is 1.90. The number of carbonyl (C=O) groups excluding carboxylic acids is 2. The molecule has 1 N–H and O–H groups in total. The third-order valence-corrected chi connectivity index (χ3v) is 7.05. The Hall–Kier alpha value is -3.84. The lowest BCUT2D eigenvalue weighted by Gasteiger charge is -2.25. The first-order chi connectivity index (χ1) is 18.0. The average Bonchev–Trinajstić information content (AvgIpc) is 3.71. The van der Waals surface area contributed by atoms with Crippen molar-refractivity contribution in [3.8, 4) is 5.75 Å². The number of nitrogens with one attached hydrogen (secondary N) is 1. The summed E-state index contributed by atoms with van der Waals surface area (Å²) in [6.45, 7) is -0.326. The van der Waals surface area contributed by atoms with Gasteiger partial charge in [0, 0.05) is 5.92 Å². The van der Waals surface area contributed by atoms with Gasteiger partial charge in [0.15, 0.2) is 5.78 Å². The van der Waals surface area contributed by atoms with E-state index in [2.05, 4.69) is 5.32 Å². The fourth-order valence-corrected chi connectivity index (χ4v) is 4.65. The van der Waals surface area contributed by atoms with Crippen LogP contribution in [-0.2, 0) is 14.3 Å². The highest BCUT2D eigenvalue weighted by Crippen LogP contribution is 2.39. The van der Waals surface area contributed by atoms with E-state index < -0.39 is 10.8 Å². The molecule has 2 aliphatic rings. The quantitative estimate of drug-likeness (QED) is 0.296. The van der Waals surface area contributed by atoms with E-state index >= 15 is 0 Å². The Bertz CT molecular complexity index is 1300. The maximum absolute atomic E-state index is 13.4. The molecule has 0 bridgehead atoms. The van der Waals surface area contributed by atoms with Gasteiger partial charge in [0.05, 0.1) is 30.9 Å². The predicted molar refractivity (Wildman–Crippen MR) is 144 cm³/mol. The van der Waals surface area contributed by atoms with Gasteiger partial charge in [-0.1, -0.05) is 72.3 Å². The fourth-order valence-electron chi connectivity index (χ4n) is 4.39. The van der Waals surface area contributed by atoms with Gasteiger partial charge in [-0.25, -0.2) is 0 Å². The molecule has 37 heavy (non-hydrogen) atoms. The van der Waals surface area contributed by atoms with Crippen molar-refractivity contribution in [1.29, 1.82) is 0 Å². The van der Waals surface area contributed by atoms with Crippen LogP contribution in [0.4, 0.5) is 11.4 Å². The zero-order chi connectivity index (χ0) is 25.8. The number of methoxy groups -OCH3 is 1. The zero-order valence-electron chi connectivity index (χ0n) is 20.5. The largest absolute Gasteiger partial charge is 0.495 e. The normalized spacial score (nSPS) is 18.5. The van der Waals surface area contributed by atoms with Crippen LogP contribution in [0, 0.1) is 5.92 Å². The topological polar surface area (TPSA) is 80.2 Å². The number of hydrogen-bond donors (Lipinski definition) is 1. The van der Waals surface area contributed by atoms with Crippen LogP contribution in [0.15, 0.2) is 90.0 Å². The molecule has 1 aliphatic heterocycles. The van der Waals surface area contributed by atoms with E-state index in [9.17, 15) is 9.59 Å². The maximum Gasteiger partial charge on any atom is 0.256 e. The molecule has 1 aliphatic carbocycles. The van der Waals surface area contributed by atoms with E-state index in [4.69, 9.17) is 26.2 Å². The highest BCUT2D eigenvalue weighted by molar-refractivity contribution is 6.48. The number of para-hydroxylation sites is 3. The third-order valence-electron chi connectivity index (χ3n) is 6.58. The Morgan fingerprint density at radius 2 is 1.65 bits per heavy atom. The van der Waals surface area contributed by atoms with Gasteiger partial charge in [0.1, 0.15) is 12.4 Å². The number of hydrogen-bond acceptors (Lipinski definition) is 6. The maximum atomic E-state index is 13.4. The minimum absolute atomic E-state index is 0.0927. The standard InChI is InChI=1S/C29H28ClN3O4/c1-36-25-15-9-8-14-23(25)31-28(35)29(30,27(34)21-16-17-21)19-37-26-18-24(20-10-4-2-5-11-20)33(32-26)22-12-6-3-7-13-22/h2-15,21,24H,16-19H2,1H3,(H,31,35). The molecule has 5 rings (SSSR count). The van der Waals surface area contributed by atoms with Crippen LogP contribution in [0.5, 0.6) is 5.75 Å². The van der Waals surface area contributed by atoms with Crippen LogP contribution in [0.1, 0.15) is 30.9 Å². The Morgan fingerprint density at radius 3 is 2.32 bits per heavy atom. The van der Waals surface area contributed by atoms with Crippen LogP contribution in [0.2, 0.25) is 0 Å². The molecular weight excluding hydrogens is 490 g/mol. The SMILES string of the molecule is COc1ccccc1NC(=O)C(Cl)(COC1=NN(c2ccccc2)C(c2ccccc2)C1)C(=O)C1CC1. The van der Waals surface area contributed by atoms with E-state index in [0.717, 1.165) is 11.3 Å². The molecule has 7 nitrogen and oxygen atoms in total. The second-order valence-corrected chi connectivity index (χ2v) is 9.83. The number of ketones is 1. The number of nitrogens with zero attached hydrogens (tertiary/aromatic N) is 2. The van der Waals surface area contributed by atoms with Crippen LogP contribution in [0.3, 0.4) is 0 Å². The molecular formula is C29H28ClN3O4. The molecule has 3 aromatic carbocycles. The lowest BCUT2D eigenvalue weighted by Crippen LogP contribution is -2.50. The highest BCUT2D eigenvalue weighted by atomic mass is 35.5. The summed E-state index contributed by atoms with van der Waals surface area (Å²) in [7, 11) is 1.51. The van der Waals surface area contributed by atoms with Gasteiger partial charge in [-0.15, -0.1) is 5.10 Å². The van der Waals surface area contributed by atoms with Gasteiger partial charge in [0.25, 0.3) is 5.91 Å². The Balaban J connectivity index is 1.38. The smallest absolute Gasteiger partial charge is 0.256 e. The van der Waals surface area contributed by atoms with Crippen molar-refractivity contribution in [2.45, 2.75) is 30.2 Å². The summed E-state index contributed by atoms with van der Waals surface area (Å²) in [4.78, 5) is 24.7. The fraction of sp³-hybridized carbons (Fsp3) is 0.276. The summed E-state index contributed by atoms with van der Waals surface area (Å²) in [5, 5.41) is 9.38. The summed E-state index contributed by atoms with van der Waals surface area (Å²) >= 11 is 6.81. The first kappa shape index (κ1) is 24.8. The number of carbonyl (C=O) groups is 2. The minimum Gasteiger partial charge on any atom is -0.495 e. The molecule has 1 saturated carbocycles. The number of anilines is 2. The van der Waals surface area contributed by atoms with Crippen molar-refractivity contribution < 1.29 is 19.1 Å². The second kappa shape index (κ2) is 10.6. The van der Waals surface area contributed by atoms with Crippen LogP contribution in [0.25, 0.3) is 0 Å². The van der Waals surface area contributed by atoms with E-state index in [1.54, 1.807) is 24.3 Å². The lowest BCUT2D eigenvalue weighted by atomic mass is 9.98. The molecule has 0 saturated heterocycles. The highest BCUT2D eigenvalue weighted by Gasteiger charge is 2.51. The molecule has 8 heteroatoms. The van der Waals surface area contributed by atoms with Gasteiger partial charge >= 0.3 is 0 Å². The molecule has 2 atom stereocenters. The second-order valence-electron chi connectivity index (χ2n) is 9.19. The molecule has 190 valence electrons. The number of hydrazone groups is 1. The Kier molecular flexibility index (Phi) is 7.15. The monoisotopic (exact) mass is 517 g/mol. The van der Waals surface area contributed by atoms with Gasteiger partial charge in [0.2, 0.25) is 10.8 Å². The van der Waals surface area contributed by atoms with Crippen molar-refractivity contribution >= 4 is 40.6 Å². The molecule has 0 spiro atoms. The summed E-state index contributed by atoms with van der Waals surface area (Å²) in [5.41, 5.74) is 2.42. The Labute approximate surface area is 221 Å². The van der Waals surface area contributed by atoms with E-state index in [1.165, 1.54) is 7.11 Å². The van der Waals surface area contributed by atoms with Gasteiger partial charge in [-0.05, 0) is 42.7 Å². The first-order valence-electron chi connectivity index (χ1n) is 12.3. The summed E-state index contributed by atoms with van der Waals surface area (Å²) in [6, 6.07) is 26.7. The van der Waals surface area contributed by atoms with Gasteiger partial charge < -0.3 is 14.8 Å². The van der Waals surface area contributed by atoms with Gasteiger partial charge in [-0.2, -0.15) is 0 Å². The van der Waals surface area contributed by atoms with Crippen molar-refractivity contribution in [2.75, 3.05) is 24.0 Å². The molecule has 1 heterocycles. The van der Waals surface area contributed by atoms with Crippen LogP contribution in [-0.4, -0.2) is 36.2 Å². The molecule has 0 radical (unpaired) electrons. The summed E-state index contributed by atoms with van der Waals surface area (Å²) in [5.74, 6) is -0.336. The number of amides is 1. The van der Waals surface area contributed by atoms with E-state index in [1.807, 2.05) is 65.7 Å². The molecule has 1 fully saturated rings. The van der Waals surface area contributed by atoms with E-state index in [0.29, 0.717) is 36.6 Å². The molecule has 1 amide bonds. The minimum atomic E-state index is -1.90. The van der Waals surface area contributed by atoms with Crippen molar-refractivity contribution in [1.82, 2.24) is 0 Å². The number of Topliss-reactive ketones (excluding diaryl/α,β-unsaturated/α-hetero) is 1.